The lowest BCUT2D eigenvalue weighted by atomic mass is 9.84. The number of aromatic nitrogens is 3. The van der Waals surface area contributed by atoms with E-state index >= 15 is 0 Å². The maximum atomic E-state index is 4.28. The van der Waals surface area contributed by atoms with Crippen LogP contribution in [0.3, 0.4) is 0 Å². The molecule has 0 saturated carbocycles. The van der Waals surface area contributed by atoms with Crippen molar-refractivity contribution in [3.05, 3.63) is 47.5 Å². The molecule has 0 aliphatic carbocycles. The van der Waals surface area contributed by atoms with Gasteiger partial charge in [0.25, 0.3) is 0 Å². The van der Waals surface area contributed by atoms with Gasteiger partial charge in [-0.1, -0.05) is 45.0 Å². The van der Waals surface area contributed by atoms with Crippen LogP contribution in [-0.2, 0) is 25.4 Å². The van der Waals surface area contributed by atoms with Gasteiger partial charge in [-0.25, -0.2) is 0 Å². The third-order valence-electron chi connectivity index (χ3n) is 4.28. The molecule has 0 unspecified atom stereocenters. The monoisotopic (exact) mass is 328 g/mol. The maximum absolute atomic E-state index is 4.28. The SMILES string of the molecule is CCc1ccc(C(C)(C)CNC(=NC)NCc2nncn2C)cc1. The molecule has 2 aromatic rings. The van der Waals surface area contributed by atoms with Crippen LogP contribution in [0.25, 0.3) is 0 Å². The van der Waals surface area contributed by atoms with Crippen molar-refractivity contribution in [3.63, 3.8) is 0 Å². The number of hydrogen-bond acceptors (Lipinski definition) is 3. The molecule has 1 aromatic heterocycles. The van der Waals surface area contributed by atoms with E-state index in [9.17, 15) is 0 Å². The van der Waals surface area contributed by atoms with Gasteiger partial charge in [0, 0.05) is 26.1 Å². The Bertz CT molecular complexity index is 669. The van der Waals surface area contributed by atoms with Crippen LogP contribution in [-0.4, -0.2) is 34.3 Å². The minimum absolute atomic E-state index is 0.00860. The fraction of sp³-hybridized carbons (Fsp3) is 0.500. The van der Waals surface area contributed by atoms with E-state index in [1.807, 2.05) is 11.6 Å². The van der Waals surface area contributed by atoms with Crippen LogP contribution in [0.1, 0.15) is 37.7 Å². The van der Waals surface area contributed by atoms with E-state index in [1.165, 1.54) is 11.1 Å². The topological polar surface area (TPSA) is 67.1 Å². The van der Waals surface area contributed by atoms with Crippen LogP contribution in [0.4, 0.5) is 0 Å². The summed E-state index contributed by atoms with van der Waals surface area (Å²) in [6.45, 7) is 8.01. The molecule has 1 aromatic carbocycles. The van der Waals surface area contributed by atoms with Crippen molar-refractivity contribution in [1.29, 1.82) is 0 Å². The molecule has 0 atom stereocenters. The van der Waals surface area contributed by atoms with Gasteiger partial charge in [-0.2, -0.15) is 0 Å². The zero-order valence-corrected chi connectivity index (χ0v) is 15.3. The van der Waals surface area contributed by atoms with Crippen molar-refractivity contribution in [2.75, 3.05) is 13.6 Å². The smallest absolute Gasteiger partial charge is 0.191 e. The van der Waals surface area contributed by atoms with Crippen LogP contribution in [0, 0.1) is 0 Å². The second kappa shape index (κ2) is 7.95. The highest BCUT2D eigenvalue weighted by molar-refractivity contribution is 5.79. The predicted octanol–water partition coefficient (Wildman–Crippen LogP) is 2.02. The van der Waals surface area contributed by atoms with Crippen molar-refractivity contribution >= 4 is 5.96 Å². The molecule has 6 nitrogen and oxygen atoms in total. The molecule has 0 amide bonds. The molecule has 0 bridgehead atoms. The highest BCUT2D eigenvalue weighted by atomic mass is 15.3. The Hall–Kier alpha value is -2.37. The lowest BCUT2D eigenvalue weighted by molar-refractivity contribution is 0.508. The highest BCUT2D eigenvalue weighted by Gasteiger charge is 2.20. The summed E-state index contributed by atoms with van der Waals surface area (Å²) in [6.07, 6.45) is 2.76. The van der Waals surface area contributed by atoms with Crippen molar-refractivity contribution in [3.8, 4) is 0 Å². The third kappa shape index (κ3) is 4.57. The molecule has 0 aliphatic heterocycles. The summed E-state index contributed by atoms with van der Waals surface area (Å²) in [4.78, 5) is 4.28. The van der Waals surface area contributed by atoms with Crippen LogP contribution in [0.2, 0.25) is 0 Å². The van der Waals surface area contributed by atoms with E-state index in [2.05, 4.69) is 70.9 Å². The first-order chi connectivity index (χ1) is 11.5. The minimum atomic E-state index is 0.00860. The van der Waals surface area contributed by atoms with Crippen LogP contribution in [0.5, 0.6) is 0 Å². The van der Waals surface area contributed by atoms with Gasteiger partial charge < -0.3 is 15.2 Å². The number of aliphatic imine (C=N–C) groups is 1. The minimum Gasteiger partial charge on any atom is -0.356 e. The number of nitrogens with one attached hydrogen (secondary N) is 2. The van der Waals surface area contributed by atoms with Gasteiger partial charge in [-0.05, 0) is 17.5 Å². The lowest BCUT2D eigenvalue weighted by Crippen LogP contribution is -2.43. The molecular weight excluding hydrogens is 300 g/mol. The van der Waals surface area contributed by atoms with Crippen molar-refractivity contribution in [1.82, 2.24) is 25.4 Å². The Morgan fingerprint density at radius 2 is 1.92 bits per heavy atom. The van der Waals surface area contributed by atoms with Crippen LogP contribution >= 0.6 is 0 Å². The van der Waals surface area contributed by atoms with Gasteiger partial charge in [0.2, 0.25) is 0 Å². The number of rotatable bonds is 6. The Labute approximate surface area is 144 Å². The first kappa shape index (κ1) is 18.0. The average molecular weight is 328 g/mol. The quantitative estimate of drug-likeness (QED) is 0.629. The lowest BCUT2D eigenvalue weighted by Gasteiger charge is -2.27. The molecule has 0 radical (unpaired) electrons. The van der Waals surface area contributed by atoms with Crippen LogP contribution < -0.4 is 10.6 Å². The van der Waals surface area contributed by atoms with Crippen molar-refractivity contribution in [2.45, 2.75) is 39.2 Å². The summed E-state index contributed by atoms with van der Waals surface area (Å²) in [5, 5.41) is 14.6. The second-order valence-electron chi connectivity index (χ2n) is 6.57. The highest BCUT2D eigenvalue weighted by Crippen LogP contribution is 2.22. The second-order valence-corrected chi connectivity index (χ2v) is 6.57. The van der Waals surface area contributed by atoms with E-state index in [0.717, 1.165) is 24.7 Å². The van der Waals surface area contributed by atoms with Crippen molar-refractivity contribution < 1.29 is 0 Å². The van der Waals surface area contributed by atoms with Crippen molar-refractivity contribution in [2.24, 2.45) is 12.0 Å². The summed E-state index contributed by atoms with van der Waals surface area (Å²) in [5.41, 5.74) is 2.69. The fourth-order valence-electron chi connectivity index (χ4n) is 2.45. The normalized spacial score (nSPS) is 12.3. The maximum Gasteiger partial charge on any atom is 0.191 e. The summed E-state index contributed by atoms with van der Waals surface area (Å²) in [6, 6.07) is 8.85. The number of benzene rings is 1. The van der Waals surface area contributed by atoms with E-state index in [0.29, 0.717) is 6.54 Å². The predicted molar refractivity (Wildman–Crippen MR) is 98.1 cm³/mol. The number of guanidine groups is 1. The first-order valence-electron chi connectivity index (χ1n) is 8.33. The van der Waals surface area contributed by atoms with Gasteiger partial charge >= 0.3 is 0 Å². The van der Waals surface area contributed by atoms with Gasteiger partial charge in [-0.3, -0.25) is 4.99 Å². The standard InChI is InChI=1S/C18H28N6/c1-6-14-7-9-15(10-8-14)18(2,3)12-21-17(19-4)20-11-16-23-22-13-24(16)5/h7-10,13H,6,11-12H2,1-5H3,(H2,19,20,21). The number of aryl methyl sites for hydroxylation is 2. The van der Waals surface area contributed by atoms with Crippen LogP contribution in [0.15, 0.2) is 35.6 Å². The molecule has 0 aliphatic rings. The summed E-state index contributed by atoms with van der Waals surface area (Å²) < 4.78 is 1.89. The fourth-order valence-corrected chi connectivity index (χ4v) is 2.45. The molecule has 0 spiro atoms. The molecule has 2 N–H and O–H groups in total. The molecule has 0 saturated heterocycles. The molecular formula is C18H28N6. The van der Waals surface area contributed by atoms with E-state index < -0.39 is 0 Å². The summed E-state index contributed by atoms with van der Waals surface area (Å²) >= 11 is 0. The Kier molecular flexibility index (Phi) is 5.95. The average Bonchev–Trinajstić information content (AvgIpc) is 3.00. The third-order valence-corrected chi connectivity index (χ3v) is 4.28. The Morgan fingerprint density at radius 1 is 1.21 bits per heavy atom. The molecule has 24 heavy (non-hydrogen) atoms. The zero-order valence-electron chi connectivity index (χ0n) is 15.3. The Balaban J connectivity index is 1.92. The molecule has 2 rings (SSSR count). The van der Waals surface area contributed by atoms with Gasteiger partial charge in [-0.15, -0.1) is 10.2 Å². The molecule has 1 heterocycles. The molecule has 130 valence electrons. The molecule has 0 fully saturated rings. The van der Waals surface area contributed by atoms with E-state index in [-0.39, 0.29) is 5.41 Å². The van der Waals surface area contributed by atoms with Gasteiger partial charge in [0.05, 0.1) is 6.54 Å². The first-order valence-corrected chi connectivity index (χ1v) is 8.33. The summed E-state index contributed by atoms with van der Waals surface area (Å²) in [5.74, 6) is 1.63. The zero-order chi connectivity index (χ0) is 17.6. The molecule has 6 heteroatoms. The van der Waals surface area contributed by atoms with E-state index in [4.69, 9.17) is 0 Å². The number of nitrogens with zero attached hydrogens (tertiary/aromatic N) is 4. The Morgan fingerprint density at radius 3 is 2.46 bits per heavy atom. The number of hydrogen-bond donors (Lipinski definition) is 2. The largest absolute Gasteiger partial charge is 0.356 e. The van der Waals surface area contributed by atoms with Gasteiger partial charge in [0.1, 0.15) is 6.33 Å². The summed E-state index contributed by atoms with van der Waals surface area (Å²) in [7, 11) is 3.70. The van der Waals surface area contributed by atoms with E-state index in [1.54, 1.807) is 13.4 Å². The van der Waals surface area contributed by atoms with Gasteiger partial charge in [0.15, 0.2) is 11.8 Å².